The first-order chi connectivity index (χ1) is 13.5. The zero-order valence-electron chi connectivity index (χ0n) is 18.7. The summed E-state index contributed by atoms with van der Waals surface area (Å²) >= 11 is 0. The predicted octanol–water partition coefficient (Wildman–Crippen LogP) is 7.25. The van der Waals surface area contributed by atoms with E-state index in [1.807, 2.05) is 52.8 Å². The van der Waals surface area contributed by atoms with Crippen LogP contribution in [0.4, 0.5) is 0 Å². The third kappa shape index (κ3) is 6.56. The van der Waals surface area contributed by atoms with Gasteiger partial charge in [-0.2, -0.15) is 0 Å². The zero-order chi connectivity index (χ0) is 21.1. The van der Waals surface area contributed by atoms with E-state index in [9.17, 15) is 0 Å². The number of aromatic nitrogens is 1. The van der Waals surface area contributed by atoms with Gasteiger partial charge in [0.05, 0.1) is 12.3 Å². The average Bonchev–Trinajstić information content (AvgIpc) is 3.09. The standard InChI is InChI=1S/C21H23NO2.2C2H6/c1-14-5-8-18(9-6-14)21-22-20(17(4)24-21)11-12-23-19-10-7-15(2)16(3)13-19;2*1-2/h5-10,13H,11-12H2,1-4H3;2*1-2H3. The smallest absolute Gasteiger partial charge is 0.226 e. The molecule has 0 amide bonds. The minimum absolute atomic E-state index is 0.587. The second-order valence-corrected chi connectivity index (χ2v) is 6.23. The van der Waals surface area contributed by atoms with Crippen molar-refractivity contribution in [3.8, 4) is 17.2 Å². The lowest BCUT2D eigenvalue weighted by molar-refractivity contribution is 0.319. The van der Waals surface area contributed by atoms with Gasteiger partial charge in [-0.3, -0.25) is 0 Å². The Labute approximate surface area is 170 Å². The molecule has 3 rings (SSSR count). The number of nitrogens with zero attached hydrogens (tertiary/aromatic N) is 1. The van der Waals surface area contributed by atoms with Crippen LogP contribution in [0.5, 0.6) is 5.75 Å². The second kappa shape index (κ2) is 12.0. The van der Waals surface area contributed by atoms with E-state index in [1.165, 1.54) is 16.7 Å². The molecule has 152 valence electrons. The lowest BCUT2D eigenvalue weighted by atomic mass is 10.1. The number of hydrogen-bond donors (Lipinski definition) is 0. The molecule has 28 heavy (non-hydrogen) atoms. The highest BCUT2D eigenvalue weighted by Crippen LogP contribution is 2.23. The highest BCUT2D eigenvalue weighted by atomic mass is 16.5. The van der Waals surface area contributed by atoms with E-state index in [0.717, 1.165) is 29.2 Å². The molecule has 0 spiro atoms. The van der Waals surface area contributed by atoms with Crippen LogP contribution in [0.1, 0.15) is 55.8 Å². The van der Waals surface area contributed by atoms with E-state index >= 15 is 0 Å². The minimum Gasteiger partial charge on any atom is -0.493 e. The Morgan fingerprint density at radius 3 is 2.07 bits per heavy atom. The van der Waals surface area contributed by atoms with Crippen LogP contribution < -0.4 is 4.74 Å². The summed E-state index contributed by atoms with van der Waals surface area (Å²) < 4.78 is 11.7. The average molecular weight is 382 g/mol. The van der Waals surface area contributed by atoms with Crippen molar-refractivity contribution in [3.05, 3.63) is 70.6 Å². The summed E-state index contributed by atoms with van der Waals surface area (Å²) in [5.41, 5.74) is 5.70. The van der Waals surface area contributed by atoms with Crippen LogP contribution in [0.25, 0.3) is 11.5 Å². The maximum Gasteiger partial charge on any atom is 0.226 e. The van der Waals surface area contributed by atoms with Crippen molar-refractivity contribution in [2.24, 2.45) is 0 Å². The Balaban J connectivity index is 0.000000921. The monoisotopic (exact) mass is 381 g/mol. The molecule has 0 atom stereocenters. The minimum atomic E-state index is 0.587. The Kier molecular flexibility index (Phi) is 10.1. The summed E-state index contributed by atoms with van der Waals surface area (Å²) in [6.07, 6.45) is 0.730. The SMILES string of the molecule is CC.CC.Cc1ccc(-c2nc(CCOc3ccc(C)c(C)c3)c(C)o2)cc1. The van der Waals surface area contributed by atoms with Gasteiger partial charge in [-0.1, -0.05) is 51.5 Å². The molecule has 0 unspecified atom stereocenters. The van der Waals surface area contributed by atoms with E-state index in [2.05, 4.69) is 50.0 Å². The van der Waals surface area contributed by atoms with Crippen LogP contribution in [0.2, 0.25) is 0 Å². The molecule has 3 aromatic rings. The molecule has 0 saturated carbocycles. The number of aryl methyl sites for hydroxylation is 4. The molecule has 3 heteroatoms. The first-order valence-electron chi connectivity index (χ1n) is 10.3. The van der Waals surface area contributed by atoms with Crippen LogP contribution in [-0.2, 0) is 6.42 Å². The Bertz CT molecular complexity index is 832. The molecule has 2 aromatic carbocycles. The van der Waals surface area contributed by atoms with Crippen LogP contribution in [0.3, 0.4) is 0 Å². The van der Waals surface area contributed by atoms with E-state index in [-0.39, 0.29) is 0 Å². The quantitative estimate of drug-likeness (QED) is 0.467. The van der Waals surface area contributed by atoms with Crippen molar-refractivity contribution in [1.29, 1.82) is 0 Å². The molecule has 0 radical (unpaired) electrons. The number of hydrogen-bond acceptors (Lipinski definition) is 3. The van der Waals surface area contributed by atoms with Gasteiger partial charge >= 0.3 is 0 Å². The molecule has 1 heterocycles. The highest BCUT2D eigenvalue weighted by Gasteiger charge is 2.11. The van der Waals surface area contributed by atoms with Gasteiger partial charge in [0, 0.05) is 12.0 Å². The third-order valence-electron chi connectivity index (χ3n) is 4.28. The molecule has 0 aliphatic heterocycles. The fourth-order valence-corrected chi connectivity index (χ4v) is 2.55. The summed E-state index contributed by atoms with van der Waals surface area (Å²) in [5.74, 6) is 2.43. The number of ether oxygens (including phenoxy) is 1. The van der Waals surface area contributed by atoms with Gasteiger partial charge < -0.3 is 9.15 Å². The Morgan fingerprint density at radius 2 is 1.46 bits per heavy atom. The van der Waals surface area contributed by atoms with Gasteiger partial charge in [-0.25, -0.2) is 4.98 Å². The normalized spacial score (nSPS) is 9.71. The van der Waals surface area contributed by atoms with Crippen molar-refractivity contribution >= 4 is 0 Å². The summed E-state index contributed by atoms with van der Waals surface area (Å²) in [6, 6.07) is 14.4. The number of benzene rings is 2. The second-order valence-electron chi connectivity index (χ2n) is 6.23. The number of oxazole rings is 1. The maximum atomic E-state index is 5.85. The van der Waals surface area contributed by atoms with Gasteiger partial charge in [0.2, 0.25) is 5.89 Å². The van der Waals surface area contributed by atoms with Gasteiger partial charge in [-0.15, -0.1) is 0 Å². The molecule has 0 bridgehead atoms. The molecule has 0 saturated heterocycles. The van der Waals surface area contributed by atoms with Crippen molar-refractivity contribution in [2.75, 3.05) is 6.61 Å². The van der Waals surface area contributed by atoms with Crippen LogP contribution in [-0.4, -0.2) is 11.6 Å². The van der Waals surface area contributed by atoms with Gasteiger partial charge in [0.1, 0.15) is 11.5 Å². The molecule has 3 nitrogen and oxygen atoms in total. The van der Waals surface area contributed by atoms with Crippen molar-refractivity contribution in [1.82, 2.24) is 4.98 Å². The molecule has 0 N–H and O–H groups in total. The predicted molar refractivity (Wildman–Crippen MR) is 119 cm³/mol. The molecule has 1 aromatic heterocycles. The van der Waals surface area contributed by atoms with Crippen LogP contribution in [0.15, 0.2) is 46.9 Å². The fourth-order valence-electron chi connectivity index (χ4n) is 2.55. The van der Waals surface area contributed by atoms with E-state index < -0.39 is 0 Å². The van der Waals surface area contributed by atoms with Crippen molar-refractivity contribution in [2.45, 2.75) is 61.8 Å². The van der Waals surface area contributed by atoms with E-state index in [1.54, 1.807) is 0 Å². The van der Waals surface area contributed by atoms with Gasteiger partial charge in [-0.05, 0) is 63.1 Å². The summed E-state index contributed by atoms with van der Waals surface area (Å²) in [4.78, 5) is 4.63. The third-order valence-corrected chi connectivity index (χ3v) is 4.28. The first-order valence-corrected chi connectivity index (χ1v) is 10.3. The van der Waals surface area contributed by atoms with Crippen molar-refractivity contribution in [3.63, 3.8) is 0 Å². The van der Waals surface area contributed by atoms with E-state index in [0.29, 0.717) is 12.5 Å². The summed E-state index contributed by atoms with van der Waals surface area (Å²) in [6.45, 7) is 16.8. The zero-order valence-corrected chi connectivity index (χ0v) is 18.7. The van der Waals surface area contributed by atoms with Crippen LogP contribution >= 0.6 is 0 Å². The lowest BCUT2D eigenvalue weighted by Crippen LogP contribution is -2.03. The largest absolute Gasteiger partial charge is 0.493 e. The topological polar surface area (TPSA) is 35.3 Å². The molecule has 0 aliphatic rings. The first kappa shape index (κ1) is 23.5. The Morgan fingerprint density at radius 1 is 0.821 bits per heavy atom. The maximum absolute atomic E-state index is 5.85. The highest BCUT2D eigenvalue weighted by molar-refractivity contribution is 5.54. The Hall–Kier alpha value is -2.55. The lowest BCUT2D eigenvalue weighted by Gasteiger charge is -2.07. The van der Waals surface area contributed by atoms with Gasteiger partial charge in [0.15, 0.2) is 0 Å². The van der Waals surface area contributed by atoms with Crippen LogP contribution in [0, 0.1) is 27.7 Å². The summed E-state index contributed by atoms with van der Waals surface area (Å²) in [5, 5.41) is 0. The van der Waals surface area contributed by atoms with Crippen molar-refractivity contribution < 1.29 is 9.15 Å². The molecule has 0 aliphatic carbocycles. The fraction of sp³-hybridized carbons (Fsp3) is 0.400. The van der Waals surface area contributed by atoms with E-state index in [4.69, 9.17) is 9.15 Å². The van der Waals surface area contributed by atoms with Gasteiger partial charge in [0.25, 0.3) is 0 Å². The summed E-state index contributed by atoms with van der Waals surface area (Å²) in [7, 11) is 0. The number of rotatable bonds is 5. The molecular formula is C25H35NO2. The molecular weight excluding hydrogens is 346 g/mol. The molecule has 0 fully saturated rings.